The smallest absolute Gasteiger partial charge is 0.222 e. The van der Waals surface area contributed by atoms with Gasteiger partial charge in [-0.2, -0.15) is 27.9 Å². The summed E-state index contributed by atoms with van der Waals surface area (Å²) in [5.74, 6) is 0. The lowest BCUT2D eigenvalue weighted by molar-refractivity contribution is -0.137. The summed E-state index contributed by atoms with van der Waals surface area (Å²) >= 11 is 24.4. The van der Waals surface area contributed by atoms with Crippen LogP contribution in [0.4, 0.5) is 17.6 Å². The van der Waals surface area contributed by atoms with Crippen molar-refractivity contribution in [2.45, 2.75) is 15.0 Å². The summed E-state index contributed by atoms with van der Waals surface area (Å²) in [4.78, 5) is -0.0115. The lowest BCUT2D eigenvalue weighted by atomic mass is 10.2. The fourth-order valence-electron chi connectivity index (χ4n) is 1.74. The van der Waals surface area contributed by atoms with E-state index < -0.39 is 15.7 Å². The van der Waals surface area contributed by atoms with E-state index in [9.17, 15) is 17.6 Å². The first-order chi connectivity index (χ1) is 11.3. The predicted molar refractivity (Wildman–Crippen MR) is 97.4 cm³/mol. The SMILES string of the molecule is N#Cc1nn(-c2c(Cl)cc(C(F)(F)F)cc2Cl)c(I)c1SC(F)(Cl)Cl. The Morgan fingerprint density at radius 3 is 2.08 bits per heavy atom. The molecule has 0 amide bonds. The fraction of sp³-hybridized carbons (Fsp3) is 0.167. The Hall–Kier alpha value is -0.120. The second-order valence-corrected chi connectivity index (χ2v) is 9.02. The number of benzene rings is 1. The van der Waals surface area contributed by atoms with Gasteiger partial charge in [-0.1, -0.05) is 46.4 Å². The number of rotatable bonds is 3. The molecule has 1 aromatic heterocycles. The molecular weight excluding hydrogens is 563 g/mol. The summed E-state index contributed by atoms with van der Waals surface area (Å²) < 4.78 is 50.3. The van der Waals surface area contributed by atoms with Crippen molar-refractivity contribution in [1.29, 1.82) is 5.26 Å². The van der Waals surface area contributed by atoms with Crippen LogP contribution in [0.5, 0.6) is 0 Å². The van der Waals surface area contributed by atoms with E-state index in [0.29, 0.717) is 23.9 Å². The molecule has 0 spiro atoms. The Bertz CT molecular complexity index is 850. The average Bonchev–Trinajstić information content (AvgIpc) is 2.73. The van der Waals surface area contributed by atoms with Crippen LogP contribution in [-0.4, -0.2) is 13.7 Å². The molecule has 0 fully saturated rings. The van der Waals surface area contributed by atoms with Gasteiger partial charge in [-0.15, -0.1) is 0 Å². The highest BCUT2D eigenvalue weighted by molar-refractivity contribution is 14.1. The van der Waals surface area contributed by atoms with Gasteiger partial charge in [0.05, 0.1) is 20.5 Å². The normalized spacial score (nSPS) is 12.3. The minimum atomic E-state index is -4.65. The summed E-state index contributed by atoms with van der Waals surface area (Å²) in [7, 11) is 0. The summed E-state index contributed by atoms with van der Waals surface area (Å²) in [5.41, 5.74) is -1.39. The largest absolute Gasteiger partial charge is 0.416 e. The van der Waals surface area contributed by atoms with E-state index in [1.165, 1.54) is 0 Å². The van der Waals surface area contributed by atoms with Crippen molar-refractivity contribution in [2.75, 3.05) is 0 Å². The van der Waals surface area contributed by atoms with E-state index in [0.717, 1.165) is 4.68 Å². The van der Waals surface area contributed by atoms with Crippen LogP contribution < -0.4 is 0 Å². The molecule has 0 bridgehead atoms. The number of halogens is 9. The van der Waals surface area contributed by atoms with E-state index in [-0.39, 0.29) is 30.0 Å². The molecule has 0 saturated heterocycles. The van der Waals surface area contributed by atoms with Crippen molar-refractivity contribution in [3.63, 3.8) is 0 Å². The topological polar surface area (TPSA) is 41.6 Å². The van der Waals surface area contributed by atoms with Crippen molar-refractivity contribution in [3.05, 3.63) is 37.1 Å². The zero-order chi connectivity index (χ0) is 19.2. The van der Waals surface area contributed by atoms with E-state index in [2.05, 4.69) is 5.10 Å². The van der Waals surface area contributed by atoms with Crippen LogP contribution in [0, 0.1) is 15.0 Å². The van der Waals surface area contributed by atoms with E-state index >= 15 is 0 Å². The fourth-order valence-corrected chi connectivity index (χ4v) is 4.37. The van der Waals surface area contributed by atoms with E-state index in [1.807, 2.05) is 0 Å². The molecule has 134 valence electrons. The molecule has 0 aliphatic rings. The molecule has 2 aromatic rings. The van der Waals surface area contributed by atoms with Crippen LogP contribution in [0.15, 0.2) is 17.0 Å². The third kappa shape index (κ3) is 4.78. The quantitative estimate of drug-likeness (QED) is 0.178. The molecule has 2 rings (SSSR count). The molecule has 25 heavy (non-hydrogen) atoms. The molecule has 0 aliphatic heterocycles. The van der Waals surface area contributed by atoms with Gasteiger partial charge in [-0.25, -0.2) is 4.68 Å². The van der Waals surface area contributed by atoms with Gasteiger partial charge in [0.1, 0.15) is 15.5 Å². The monoisotopic (exact) mass is 563 g/mol. The molecule has 1 heterocycles. The Kier molecular flexibility index (Phi) is 6.34. The maximum absolute atomic E-state index is 13.5. The van der Waals surface area contributed by atoms with E-state index in [1.54, 1.807) is 28.7 Å². The van der Waals surface area contributed by atoms with Gasteiger partial charge in [0.15, 0.2) is 5.69 Å². The number of nitriles is 1. The van der Waals surface area contributed by atoms with Crippen molar-refractivity contribution < 1.29 is 17.6 Å². The molecule has 1 aromatic carbocycles. The minimum absolute atomic E-state index is 0.0115. The maximum atomic E-state index is 13.5. The molecule has 0 N–H and O–H groups in total. The van der Waals surface area contributed by atoms with Crippen LogP contribution >= 0.6 is 80.8 Å². The number of aromatic nitrogens is 2. The first-order valence-corrected chi connectivity index (χ1v) is 9.27. The number of alkyl halides is 6. The van der Waals surface area contributed by atoms with Crippen molar-refractivity contribution in [1.82, 2.24) is 9.78 Å². The van der Waals surface area contributed by atoms with Crippen LogP contribution in [0.1, 0.15) is 11.3 Å². The zero-order valence-corrected chi connectivity index (χ0v) is 17.3. The molecule has 13 heteroatoms. The standard InChI is InChI=1S/C12H2Cl4F4IN3S/c13-5-1-4(11(17,18)19)2-6(14)8(5)24-10(21)9(7(3-22)23-24)25-12(15,16)20/h1-2H. The molecule has 0 saturated carbocycles. The Balaban J connectivity index is 2.66. The highest BCUT2D eigenvalue weighted by Crippen LogP contribution is 2.45. The van der Waals surface area contributed by atoms with Gasteiger partial charge in [-0.3, -0.25) is 0 Å². The number of nitrogens with zero attached hydrogens (tertiary/aromatic N) is 3. The number of thioether (sulfide) groups is 1. The first-order valence-electron chi connectivity index (χ1n) is 5.86. The Morgan fingerprint density at radius 1 is 1.16 bits per heavy atom. The molecule has 0 aliphatic carbocycles. The van der Waals surface area contributed by atoms with Gasteiger partial charge >= 0.3 is 10.1 Å². The van der Waals surface area contributed by atoms with Crippen LogP contribution in [0.2, 0.25) is 10.0 Å². The molecule has 3 nitrogen and oxygen atoms in total. The molecule has 0 unspecified atom stereocenters. The van der Waals surface area contributed by atoms with Crippen molar-refractivity contribution in [2.24, 2.45) is 0 Å². The van der Waals surface area contributed by atoms with Gasteiger partial charge < -0.3 is 0 Å². The summed E-state index contributed by atoms with van der Waals surface area (Å²) in [6.07, 6.45) is -4.65. The predicted octanol–water partition coefficient (Wildman–Crippen LogP) is 6.82. The molecular formula is C12H2Cl4F4IN3S. The van der Waals surface area contributed by atoms with Crippen molar-refractivity contribution >= 4 is 80.8 Å². The van der Waals surface area contributed by atoms with Gasteiger partial charge in [0.25, 0.3) is 0 Å². The number of hydrogen-bond acceptors (Lipinski definition) is 3. The maximum Gasteiger partial charge on any atom is 0.416 e. The minimum Gasteiger partial charge on any atom is -0.222 e. The van der Waals surface area contributed by atoms with Crippen LogP contribution in [0.25, 0.3) is 5.69 Å². The van der Waals surface area contributed by atoms with Crippen LogP contribution in [0.3, 0.4) is 0 Å². The molecule has 0 radical (unpaired) electrons. The lowest BCUT2D eigenvalue weighted by Crippen LogP contribution is -2.08. The summed E-state index contributed by atoms with van der Waals surface area (Å²) in [5, 5.41) is 12.3. The lowest BCUT2D eigenvalue weighted by Gasteiger charge is -2.13. The van der Waals surface area contributed by atoms with Gasteiger partial charge in [-0.05, 0) is 46.5 Å². The third-order valence-corrected chi connectivity index (χ3v) is 5.89. The summed E-state index contributed by atoms with van der Waals surface area (Å²) in [6, 6.07) is 3.05. The average molecular weight is 565 g/mol. The highest BCUT2D eigenvalue weighted by Gasteiger charge is 2.34. The van der Waals surface area contributed by atoms with E-state index in [4.69, 9.17) is 51.7 Å². The van der Waals surface area contributed by atoms with Gasteiger partial charge in [0, 0.05) is 0 Å². The number of hydrogen-bond donors (Lipinski definition) is 0. The zero-order valence-electron chi connectivity index (χ0n) is 11.3. The second kappa shape index (κ2) is 7.48. The molecule has 0 atom stereocenters. The van der Waals surface area contributed by atoms with Crippen LogP contribution in [-0.2, 0) is 6.18 Å². The first kappa shape index (κ1) is 21.2. The van der Waals surface area contributed by atoms with Crippen molar-refractivity contribution in [3.8, 4) is 11.8 Å². The Morgan fingerprint density at radius 2 is 1.68 bits per heavy atom. The third-order valence-electron chi connectivity index (χ3n) is 2.67. The second-order valence-electron chi connectivity index (χ2n) is 4.33. The Labute approximate surface area is 176 Å². The highest BCUT2D eigenvalue weighted by atomic mass is 127. The van der Waals surface area contributed by atoms with Gasteiger partial charge in [0.2, 0.25) is 0 Å². The summed E-state index contributed by atoms with van der Waals surface area (Å²) in [6.45, 7) is 0.